The summed E-state index contributed by atoms with van der Waals surface area (Å²) in [5, 5.41) is 0. The first kappa shape index (κ1) is 20.4. The van der Waals surface area contributed by atoms with Gasteiger partial charge in [0.1, 0.15) is 17.0 Å². The monoisotopic (exact) mass is 338 g/mol. The topological polar surface area (TPSA) is 69.7 Å². The normalized spacial score (nSPS) is 24.3. The van der Waals surface area contributed by atoms with Gasteiger partial charge in [-0.25, -0.2) is 0 Å². The predicted molar refractivity (Wildman–Crippen MR) is 91.3 cm³/mol. The molecule has 2 atom stereocenters. The molecule has 0 bridgehead atoms. The van der Waals surface area contributed by atoms with Crippen LogP contribution in [0.15, 0.2) is 12.2 Å². The molecule has 0 N–H and O–H groups in total. The Kier molecular flexibility index (Phi) is 6.76. The summed E-state index contributed by atoms with van der Waals surface area (Å²) >= 11 is 0. The van der Waals surface area contributed by atoms with Gasteiger partial charge in [-0.15, -0.1) is 0 Å². The smallest absolute Gasteiger partial charge is 0.314 e. The number of rotatable bonds is 2. The van der Waals surface area contributed by atoms with Crippen molar-refractivity contribution < 1.29 is 23.9 Å². The van der Waals surface area contributed by atoms with Gasteiger partial charge in [-0.1, -0.05) is 12.2 Å². The van der Waals surface area contributed by atoms with Crippen molar-refractivity contribution in [1.82, 2.24) is 0 Å². The number of ether oxygens (including phenoxy) is 2. The lowest BCUT2D eigenvalue weighted by Gasteiger charge is -2.28. The van der Waals surface area contributed by atoms with Crippen molar-refractivity contribution in [3.63, 3.8) is 0 Å². The molecule has 0 spiro atoms. The lowest BCUT2D eigenvalue weighted by Crippen LogP contribution is -2.38. The molecule has 0 fully saturated rings. The van der Waals surface area contributed by atoms with E-state index in [1.807, 2.05) is 6.08 Å². The van der Waals surface area contributed by atoms with Gasteiger partial charge in [0, 0.05) is 12.8 Å². The minimum Gasteiger partial charge on any atom is -0.460 e. The summed E-state index contributed by atoms with van der Waals surface area (Å²) < 4.78 is 10.9. The molecule has 0 amide bonds. The summed E-state index contributed by atoms with van der Waals surface area (Å²) in [7, 11) is 0. The van der Waals surface area contributed by atoms with Crippen molar-refractivity contribution >= 4 is 17.7 Å². The molecule has 0 saturated heterocycles. The van der Waals surface area contributed by atoms with Crippen LogP contribution in [0.25, 0.3) is 0 Å². The molecule has 5 heteroatoms. The average molecular weight is 338 g/mol. The molecular formula is C19H30O5. The molecule has 1 rings (SSSR count). The maximum Gasteiger partial charge on any atom is 0.314 e. The van der Waals surface area contributed by atoms with Crippen LogP contribution in [0, 0.1) is 11.8 Å². The van der Waals surface area contributed by atoms with Crippen LogP contribution in [-0.2, 0) is 23.9 Å². The van der Waals surface area contributed by atoms with Crippen molar-refractivity contribution in [2.24, 2.45) is 11.8 Å². The molecule has 0 unspecified atom stereocenters. The molecule has 0 saturated carbocycles. The highest BCUT2D eigenvalue weighted by Gasteiger charge is 2.38. The van der Waals surface area contributed by atoms with E-state index < -0.39 is 35.0 Å². The van der Waals surface area contributed by atoms with E-state index in [9.17, 15) is 14.4 Å². The summed E-state index contributed by atoms with van der Waals surface area (Å²) in [6.45, 7) is 10.6. The largest absolute Gasteiger partial charge is 0.460 e. The Morgan fingerprint density at radius 2 is 1.54 bits per heavy atom. The van der Waals surface area contributed by atoms with Crippen molar-refractivity contribution in [3.05, 3.63) is 12.2 Å². The van der Waals surface area contributed by atoms with Gasteiger partial charge in [0.15, 0.2) is 0 Å². The van der Waals surface area contributed by atoms with Gasteiger partial charge in [-0.05, 0) is 54.4 Å². The lowest BCUT2D eigenvalue weighted by atomic mass is 9.87. The highest BCUT2D eigenvalue weighted by atomic mass is 16.6. The number of esters is 2. The van der Waals surface area contributed by atoms with Crippen LogP contribution in [0.2, 0.25) is 0 Å². The van der Waals surface area contributed by atoms with Crippen LogP contribution in [-0.4, -0.2) is 28.9 Å². The van der Waals surface area contributed by atoms with Gasteiger partial charge in [0.05, 0.1) is 11.8 Å². The van der Waals surface area contributed by atoms with E-state index in [4.69, 9.17) is 9.47 Å². The summed E-state index contributed by atoms with van der Waals surface area (Å²) in [6.07, 6.45) is 5.38. The second-order valence-corrected chi connectivity index (χ2v) is 8.26. The minimum atomic E-state index is -0.846. The van der Waals surface area contributed by atoms with E-state index in [-0.39, 0.29) is 12.2 Å². The Hall–Kier alpha value is -1.65. The number of carbonyl (C=O) groups excluding carboxylic acids is 3. The third kappa shape index (κ3) is 7.28. The maximum absolute atomic E-state index is 12.6. The van der Waals surface area contributed by atoms with Crippen LogP contribution in [0.5, 0.6) is 0 Å². The number of allylic oxidation sites excluding steroid dienone is 1. The van der Waals surface area contributed by atoms with E-state index in [2.05, 4.69) is 0 Å². The second kappa shape index (κ2) is 7.95. The number of Topliss-reactive ketones (excluding diaryl/α,β-unsaturated/α-hetero) is 1. The molecule has 1 aliphatic carbocycles. The van der Waals surface area contributed by atoms with Crippen molar-refractivity contribution in [3.8, 4) is 0 Å². The van der Waals surface area contributed by atoms with Crippen LogP contribution >= 0.6 is 0 Å². The zero-order chi connectivity index (χ0) is 18.5. The molecule has 0 aromatic heterocycles. The first-order valence-electron chi connectivity index (χ1n) is 8.53. The fourth-order valence-electron chi connectivity index (χ4n) is 2.49. The quantitative estimate of drug-likeness (QED) is 0.568. The molecule has 5 nitrogen and oxygen atoms in total. The second-order valence-electron chi connectivity index (χ2n) is 8.26. The highest BCUT2D eigenvalue weighted by molar-refractivity contribution is 5.89. The molecule has 0 aliphatic heterocycles. The summed E-state index contributed by atoms with van der Waals surface area (Å²) in [6, 6.07) is 0. The standard InChI is InChI=1S/C19H30O5/c1-18(2,3)23-16(21)14-11-9-7-8-10-13(20)12-15(14)17(22)24-19(4,5)6/h9,11,14-15H,7-8,10,12H2,1-6H3/b11-9+/t14-,15-/m0/s1. The number of hydrogen-bond acceptors (Lipinski definition) is 5. The fourth-order valence-corrected chi connectivity index (χ4v) is 2.49. The van der Waals surface area contributed by atoms with E-state index in [1.165, 1.54) is 0 Å². The van der Waals surface area contributed by atoms with Crippen LogP contribution in [0.3, 0.4) is 0 Å². The lowest BCUT2D eigenvalue weighted by molar-refractivity contribution is -0.171. The van der Waals surface area contributed by atoms with Gasteiger partial charge in [0.2, 0.25) is 0 Å². The van der Waals surface area contributed by atoms with Gasteiger partial charge >= 0.3 is 11.9 Å². The zero-order valence-corrected chi connectivity index (χ0v) is 15.7. The Labute approximate surface area is 144 Å². The van der Waals surface area contributed by atoms with Crippen LogP contribution in [0.4, 0.5) is 0 Å². The first-order chi connectivity index (χ1) is 10.9. The Balaban J connectivity index is 3.11. The summed E-state index contributed by atoms with van der Waals surface area (Å²) in [5.74, 6) is -2.70. The van der Waals surface area contributed by atoms with Crippen LogP contribution < -0.4 is 0 Å². The highest BCUT2D eigenvalue weighted by Crippen LogP contribution is 2.28. The first-order valence-corrected chi connectivity index (χ1v) is 8.53. The zero-order valence-electron chi connectivity index (χ0n) is 15.7. The van der Waals surface area contributed by atoms with Gasteiger partial charge < -0.3 is 9.47 Å². The van der Waals surface area contributed by atoms with Gasteiger partial charge in [-0.2, -0.15) is 0 Å². The van der Waals surface area contributed by atoms with Crippen molar-refractivity contribution in [2.75, 3.05) is 0 Å². The molecule has 0 aromatic rings. The number of carbonyl (C=O) groups is 3. The number of ketones is 1. The van der Waals surface area contributed by atoms with E-state index in [1.54, 1.807) is 47.6 Å². The third-order valence-electron chi connectivity index (χ3n) is 3.44. The van der Waals surface area contributed by atoms with Gasteiger partial charge in [-0.3, -0.25) is 14.4 Å². The maximum atomic E-state index is 12.6. The van der Waals surface area contributed by atoms with Crippen molar-refractivity contribution in [1.29, 1.82) is 0 Å². The summed E-state index contributed by atoms with van der Waals surface area (Å²) in [4.78, 5) is 37.3. The SMILES string of the molecule is CC(C)(C)OC(=O)[C@H]1/C=C/CCCC(=O)C[C@@H]1C(=O)OC(C)(C)C. The van der Waals surface area contributed by atoms with Crippen molar-refractivity contribution in [2.45, 2.75) is 78.4 Å². The van der Waals surface area contributed by atoms with Crippen LogP contribution in [0.1, 0.15) is 67.2 Å². The summed E-state index contributed by atoms with van der Waals surface area (Å²) in [5.41, 5.74) is -1.34. The number of hydrogen-bond donors (Lipinski definition) is 0. The molecule has 0 radical (unpaired) electrons. The van der Waals surface area contributed by atoms with Gasteiger partial charge in [0.25, 0.3) is 0 Å². The molecule has 1 aliphatic rings. The minimum absolute atomic E-state index is 0.00314. The molecule has 0 aromatic carbocycles. The predicted octanol–water partition coefficient (Wildman–Crippen LogP) is 3.60. The Bertz CT molecular complexity index is 505. The molecule has 24 heavy (non-hydrogen) atoms. The Morgan fingerprint density at radius 1 is 1.00 bits per heavy atom. The van der Waals surface area contributed by atoms with E-state index in [0.717, 1.165) is 6.42 Å². The van der Waals surface area contributed by atoms with E-state index >= 15 is 0 Å². The third-order valence-corrected chi connectivity index (χ3v) is 3.44. The Morgan fingerprint density at radius 3 is 2.08 bits per heavy atom. The molecular weight excluding hydrogens is 308 g/mol. The molecule has 0 heterocycles. The average Bonchev–Trinajstić information content (AvgIpc) is 2.45. The molecule has 136 valence electrons. The van der Waals surface area contributed by atoms with E-state index in [0.29, 0.717) is 12.8 Å². The fraction of sp³-hybridized carbons (Fsp3) is 0.737.